The highest BCUT2D eigenvalue weighted by molar-refractivity contribution is 5.47. The second-order valence-electron chi connectivity index (χ2n) is 13.8. The molecule has 0 N–H and O–H groups in total. The van der Waals surface area contributed by atoms with Crippen LogP contribution in [-0.2, 0) is 6.54 Å². The minimum atomic E-state index is 0.502. The van der Waals surface area contributed by atoms with Gasteiger partial charge in [-0.05, 0) is 60.7 Å². The van der Waals surface area contributed by atoms with Gasteiger partial charge in [-0.25, -0.2) is 0 Å². The smallest absolute Gasteiger partial charge is 0.0233 e. The highest BCUT2D eigenvalue weighted by atomic mass is 15.1. The normalized spacial score (nSPS) is 12.4. The van der Waals surface area contributed by atoms with Crippen molar-refractivity contribution >= 4 is 6.08 Å². The summed E-state index contributed by atoms with van der Waals surface area (Å²) in [5.74, 6) is 0. The second kappa shape index (κ2) is 19.1. The van der Waals surface area contributed by atoms with Crippen molar-refractivity contribution in [1.82, 2.24) is 4.90 Å². The zero-order chi connectivity index (χ0) is 26.7. The molecule has 0 aliphatic carbocycles. The average Bonchev–Trinajstić information content (AvgIpc) is 2.80. The lowest BCUT2D eigenvalue weighted by molar-refractivity contribution is 0.252. The molecule has 1 aromatic carbocycles. The number of nitrogens with zero attached hydrogens (tertiary/aromatic N) is 1. The summed E-state index contributed by atoms with van der Waals surface area (Å²) in [6.07, 6.45) is 24.3. The molecule has 0 bridgehead atoms. The van der Waals surface area contributed by atoms with E-state index in [0.717, 1.165) is 6.54 Å². The van der Waals surface area contributed by atoms with Gasteiger partial charge in [0.05, 0.1) is 0 Å². The molecule has 0 unspecified atom stereocenters. The first-order chi connectivity index (χ1) is 17.1. The van der Waals surface area contributed by atoms with E-state index in [1.807, 2.05) is 6.08 Å². The Morgan fingerprint density at radius 2 is 0.917 bits per heavy atom. The van der Waals surface area contributed by atoms with Crippen molar-refractivity contribution in [2.24, 2.45) is 10.8 Å². The van der Waals surface area contributed by atoms with E-state index in [4.69, 9.17) is 0 Å². The van der Waals surface area contributed by atoms with Gasteiger partial charge in [-0.3, -0.25) is 4.90 Å². The van der Waals surface area contributed by atoms with Crippen molar-refractivity contribution in [1.29, 1.82) is 0 Å². The van der Waals surface area contributed by atoms with Crippen LogP contribution < -0.4 is 0 Å². The van der Waals surface area contributed by atoms with E-state index < -0.39 is 0 Å². The summed E-state index contributed by atoms with van der Waals surface area (Å²) in [5, 5.41) is 0. The topological polar surface area (TPSA) is 3.24 Å². The molecule has 0 atom stereocenters. The predicted octanol–water partition coefficient (Wildman–Crippen LogP) is 11.5. The van der Waals surface area contributed by atoms with Gasteiger partial charge < -0.3 is 0 Å². The SMILES string of the molecule is C=Cc1ccc(CN(CCCCCCCCCC(C)(C)C)CCCCCCCCCC(C)(C)C)cc1. The van der Waals surface area contributed by atoms with Crippen LogP contribution in [0, 0.1) is 10.8 Å². The lowest BCUT2D eigenvalue weighted by Gasteiger charge is -2.23. The summed E-state index contributed by atoms with van der Waals surface area (Å²) in [6, 6.07) is 9.00. The first-order valence-electron chi connectivity index (χ1n) is 15.5. The molecular formula is C35H63N. The van der Waals surface area contributed by atoms with Crippen molar-refractivity contribution in [3.8, 4) is 0 Å². The zero-order valence-corrected chi connectivity index (χ0v) is 25.5. The van der Waals surface area contributed by atoms with Crippen molar-refractivity contribution in [2.45, 2.75) is 151 Å². The third kappa shape index (κ3) is 20.0. The van der Waals surface area contributed by atoms with E-state index in [9.17, 15) is 0 Å². The molecule has 0 aromatic heterocycles. The van der Waals surface area contributed by atoms with Crippen LogP contribution in [0.5, 0.6) is 0 Å². The Kier molecular flexibility index (Phi) is 17.4. The largest absolute Gasteiger partial charge is 0.299 e. The molecule has 1 rings (SSSR count). The average molecular weight is 498 g/mol. The molecule has 1 heteroatoms. The van der Waals surface area contributed by atoms with Crippen LogP contribution in [0.3, 0.4) is 0 Å². The van der Waals surface area contributed by atoms with Gasteiger partial charge in [0.1, 0.15) is 0 Å². The maximum Gasteiger partial charge on any atom is 0.0233 e. The Morgan fingerprint density at radius 3 is 1.28 bits per heavy atom. The first kappa shape index (κ1) is 32.9. The Morgan fingerprint density at radius 1 is 0.556 bits per heavy atom. The summed E-state index contributed by atoms with van der Waals surface area (Å²) < 4.78 is 0. The standard InChI is InChI=1S/C35H63N/c1-8-32-23-25-33(26-24-32)31-36(29-21-17-13-9-11-15-19-27-34(2,3)4)30-22-18-14-10-12-16-20-28-35(5,6)7/h8,23-26H,1,9-22,27-31H2,2-7H3. The third-order valence-corrected chi connectivity index (χ3v) is 7.42. The molecule has 0 heterocycles. The van der Waals surface area contributed by atoms with Gasteiger partial charge in [0.15, 0.2) is 0 Å². The van der Waals surface area contributed by atoms with Gasteiger partial charge in [0.25, 0.3) is 0 Å². The number of hydrogen-bond donors (Lipinski definition) is 0. The molecule has 0 saturated heterocycles. The maximum absolute atomic E-state index is 3.89. The number of benzene rings is 1. The monoisotopic (exact) mass is 497 g/mol. The maximum atomic E-state index is 3.89. The lowest BCUT2D eigenvalue weighted by atomic mass is 9.89. The summed E-state index contributed by atoms with van der Waals surface area (Å²) in [4.78, 5) is 2.72. The van der Waals surface area contributed by atoms with E-state index >= 15 is 0 Å². The molecule has 208 valence electrons. The molecule has 1 nitrogen and oxygen atoms in total. The van der Waals surface area contributed by atoms with Gasteiger partial charge in [0.2, 0.25) is 0 Å². The fraction of sp³-hybridized carbons (Fsp3) is 0.771. The highest BCUT2D eigenvalue weighted by Crippen LogP contribution is 2.23. The van der Waals surface area contributed by atoms with Crippen molar-refractivity contribution in [3.05, 3.63) is 42.0 Å². The fourth-order valence-corrected chi connectivity index (χ4v) is 5.04. The molecule has 0 saturated carbocycles. The Hall–Kier alpha value is -1.08. The predicted molar refractivity (Wildman–Crippen MR) is 165 cm³/mol. The van der Waals surface area contributed by atoms with Crippen molar-refractivity contribution in [3.63, 3.8) is 0 Å². The van der Waals surface area contributed by atoms with Gasteiger partial charge >= 0.3 is 0 Å². The fourth-order valence-electron chi connectivity index (χ4n) is 5.04. The van der Waals surface area contributed by atoms with Gasteiger partial charge in [-0.15, -0.1) is 0 Å². The quantitative estimate of drug-likeness (QED) is 0.153. The van der Waals surface area contributed by atoms with Crippen LogP contribution in [0.2, 0.25) is 0 Å². The van der Waals surface area contributed by atoms with Gasteiger partial charge in [-0.1, -0.05) is 156 Å². The zero-order valence-electron chi connectivity index (χ0n) is 25.5. The minimum Gasteiger partial charge on any atom is -0.299 e. The van der Waals surface area contributed by atoms with Crippen LogP contribution in [0.25, 0.3) is 6.08 Å². The number of hydrogen-bond acceptors (Lipinski definition) is 1. The van der Waals surface area contributed by atoms with Gasteiger partial charge in [-0.2, -0.15) is 0 Å². The molecule has 0 radical (unpaired) electrons. The van der Waals surface area contributed by atoms with E-state index in [0.29, 0.717) is 10.8 Å². The van der Waals surface area contributed by atoms with Gasteiger partial charge in [0, 0.05) is 6.54 Å². The Labute approximate surface area is 227 Å². The lowest BCUT2D eigenvalue weighted by Crippen LogP contribution is -2.25. The molecule has 0 fully saturated rings. The summed E-state index contributed by atoms with van der Waals surface area (Å²) >= 11 is 0. The molecule has 36 heavy (non-hydrogen) atoms. The van der Waals surface area contributed by atoms with Crippen LogP contribution in [0.15, 0.2) is 30.8 Å². The first-order valence-corrected chi connectivity index (χ1v) is 15.5. The Bertz CT molecular complexity index is 611. The number of rotatable bonds is 21. The highest BCUT2D eigenvalue weighted by Gasteiger charge is 2.10. The van der Waals surface area contributed by atoms with Crippen LogP contribution >= 0.6 is 0 Å². The van der Waals surface area contributed by atoms with Crippen molar-refractivity contribution in [2.75, 3.05) is 13.1 Å². The van der Waals surface area contributed by atoms with E-state index in [-0.39, 0.29) is 0 Å². The van der Waals surface area contributed by atoms with Crippen molar-refractivity contribution < 1.29 is 0 Å². The summed E-state index contributed by atoms with van der Waals surface area (Å²) in [5.41, 5.74) is 3.66. The van der Waals surface area contributed by atoms with E-state index in [1.54, 1.807) is 0 Å². The summed E-state index contributed by atoms with van der Waals surface area (Å²) in [7, 11) is 0. The van der Waals surface area contributed by atoms with Crippen LogP contribution in [0.1, 0.15) is 155 Å². The van der Waals surface area contributed by atoms with Crippen LogP contribution in [-0.4, -0.2) is 18.0 Å². The second-order valence-corrected chi connectivity index (χ2v) is 13.8. The molecule has 0 aliphatic rings. The van der Waals surface area contributed by atoms with E-state index in [2.05, 4.69) is 77.3 Å². The molecular weight excluding hydrogens is 434 g/mol. The third-order valence-electron chi connectivity index (χ3n) is 7.42. The molecule has 1 aromatic rings. The molecule has 0 aliphatic heterocycles. The van der Waals surface area contributed by atoms with Crippen LogP contribution in [0.4, 0.5) is 0 Å². The molecule has 0 amide bonds. The summed E-state index contributed by atoms with van der Waals surface area (Å²) in [6.45, 7) is 21.7. The minimum absolute atomic E-state index is 0.502. The Balaban J connectivity index is 2.25. The molecule has 0 spiro atoms. The van der Waals surface area contributed by atoms with E-state index in [1.165, 1.54) is 127 Å². The number of unbranched alkanes of at least 4 members (excludes halogenated alkanes) is 12.